The summed E-state index contributed by atoms with van der Waals surface area (Å²) in [5.74, 6) is -0.206. The largest absolute Gasteiger partial charge is 0.287 e. The van der Waals surface area contributed by atoms with Gasteiger partial charge in [-0.3, -0.25) is 22.3 Å². The van der Waals surface area contributed by atoms with Crippen LogP contribution >= 0.6 is 46.4 Å². The minimum Gasteiger partial charge on any atom is -0.287 e. The molecule has 0 bridgehead atoms. The Labute approximate surface area is 111 Å². The summed E-state index contributed by atoms with van der Waals surface area (Å²) in [4.78, 5) is 0. The third-order valence-electron chi connectivity index (χ3n) is 1.84. The predicted molar refractivity (Wildman–Crippen MR) is 66.9 cm³/mol. The number of hydrogen-bond donors (Lipinski definition) is 4. The molecule has 0 amide bonds. The first-order chi connectivity index (χ1) is 7.29. The standard InChI is InChI=1S/C8H6Cl4N4/c9-3-1(7(13)14)2(8(15)16)4(10)6(12)5(3)11/h(H3,13,14)(H3,15,16)/p+2. The summed E-state index contributed by atoms with van der Waals surface area (Å²) in [5, 5.41) is 11.1. The van der Waals surface area contributed by atoms with Gasteiger partial charge in [0.1, 0.15) is 0 Å². The molecular weight excluding hydrogens is 294 g/mol. The summed E-state index contributed by atoms with van der Waals surface area (Å²) in [6.45, 7) is 0. The van der Waals surface area contributed by atoms with Gasteiger partial charge in [0.2, 0.25) is 0 Å². The summed E-state index contributed by atoms with van der Waals surface area (Å²) < 4.78 is 0. The molecule has 8 N–H and O–H groups in total. The second kappa shape index (κ2) is 4.67. The van der Waals surface area contributed by atoms with Crippen LogP contribution in [0.1, 0.15) is 11.1 Å². The van der Waals surface area contributed by atoms with Crippen LogP contribution in [0.4, 0.5) is 0 Å². The van der Waals surface area contributed by atoms with Gasteiger partial charge in [-0.2, -0.15) is 0 Å². The van der Waals surface area contributed by atoms with E-state index in [2.05, 4.69) is 0 Å². The van der Waals surface area contributed by atoms with Crippen molar-refractivity contribution in [2.24, 2.45) is 11.5 Å². The van der Waals surface area contributed by atoms with E-state index in [9.17, 15) is 0 Å². The molecule has 0 spiro atoms. The van der Waals surface area contributed by atoms with E-state index in [0.717, 1.165) is 0 Å². The highest BCUT2D eigenvalue weighted by atomic mass is 35.5. The van der Waals surface area contributed by atoms with Crippen LogP contribution in [0.3, 0.4) is 0 Å². The molecule has 8 heteroatoms. The van der Waals surface area contributed by atoms with Crippen LogP contribution in [0.25, 0.3) is 0 Å². The van der Waals surface area contributed by atoms with Gasteiger partial charge in [0.25, 0.3) is 11.7 Å². The number of amidine groups is 2. The number of hydrogen-bond acceptors (Lipinski definition) is 0. The first-order valence-electron chi connectivity index (χ1n) is 3.91. The van der Waals surface area contributed by atoms with Crippen molar-refractivity contribution in [3.8, 4) is 0 Å². The van der Waals surface area contributed by atoms with Crippen LogP contribution in [0, 0.1) is 0 Å². The Balaban J connectivity index is 3.83. The van der Waals surface area contributed by atoms with Crippen molar-refractivity contribution in [1.29, 1.82) is 0 Å². The molecule has 16 heavy (non-hydrogen) atoms. The summed E-state index contributed by atoms with van der Waals surface area (Å²) >= 11 is 23.6. The predicted octanol–water partition coefficient (Wildman–Crippen LogP) is -0.771. The molecule has 1 rings (SSSR count). The number of nitrogens with two attached hydrogens (primary N) is 4. The van der Waals surface area contributed by atoms with E-state index >= 15 is 0 Å². The third kappa shape index (κ3) is 2.06. The van der Waals surface area contributed by atoms with E-state index in [-0.39, 0.29) is 42.9 Å². The molecule has 0 radical (unpaired) electrons. The van der Waals surface area contributed by atoms with Crippen LogP contribution in [-0.2, 0) is 0 Å². The molecule has 0 heterocycles. The van der Waals surface area contributed by atoms with Crippen molar-refractivity contribution in [3.63, 3.8) is 0 Å². The first-order valence-corrected chi connectivity index (χ1v) is 5.42. The highest BCUT2D eigenvalue weighted by Crippen LogP contribution is 2.40. The second-order valence-electron chi connectivity index (χ2n) is 2.92. The Morgan fingerprint density at radius 2 is 0.938 bits per heavy atom. The fourth-order valence-corrected chi connectivity index (χ4v) is 2.24. The minimum absolute atomic E-state index is 0.0433. The average Bonchev–Trinajstić information content (AvgIpc) is 2.18. The fraction of sp³-hybridized carbons (Fsp3) is 0. The lowest BCUT2D eigenvalue weighted by atomic mass is 10.1. The van der Waals surface area contributed by atoms with Crippen molar-refractivity contribution < 1.29 is 10.8 Å². The number of rotatable bonds is 2. The van der Waals surface area contributed by atoms with Crippen molar-refractivity contribution in [2.45, 2.75) is 0 Å². The molecule has 0 fully saturated rings. The number of halogens is 4. The van der Waals surface area contributed by atoms with Gasteiger partial charge < -0.3 is 0 Å². The van der Waals surface area contributed by atoms with Crippen LogP contribution in [-0.4, -0.2) is 11.7 Å². The Kier molecular flexibility index (Phi) is 3.91. The molecule has 1 aromatic rings. The molecule has 0 aliphatic rings. The quantitative estimate of drug-likeness (QED) is 0.249. The van der Waals surface area contributed by atoms with Gasteiger partial charge >= 0.3 is 0 Å². The van der Waals surface area contributed by atoms with E-state index < -0.39 is 0 Å². The Bertz CT molecular complexity index is 453. The van der Waals surface area contributed by atoms with Gasteiger partial charge in [-0.15, -0.1) is 0 Å². The van der Waals surface area contributed by atoms with Crippen molar-refractivity contribution >= 4 is 58.1 Å². The van der Waals surface area contributed by atoms with Crippen molar-refractivity contribution in [1.82, 2.24) is 0 Å². The molecular formula is C8H8Cl4N4+2. The molecule has 4 nitrogen and oxygen atoms in total. The zero-order valence-electron chi connectivity index (χ0n) is 7.82. The maximum Gasteiger partial charge on any atom is 0.273 e. The van der Waals surface area contributed by atoms with Gasteiger partial charge in [-0.25, -0.2) is 0 Å². The van der Waals surface area contributed by atoms with E-state index in [4.69, 9.17) is 68.7 Å². The van der Waals surface area contributed by atoms with Gasteiger partial charge in [0.15, 0.2) is 0 Å². The Morgan fingerprint density at radius 1 is 0.688 bits per heavy atom. The summed E-state index contributed by atoms with van der Waals surface area (Å²) in [6.07, 6.45) is 0. The molecule has 0 aromatic heterocycles. The topological polar surface area (TPSA) is 103 Å². The molecule has 0 atom stereocenters. The molecule has 0 aliphatic carbocycles. The Morgan fingerprint density at radius 3 is 1.12 bits per heavy atom. The van der Waals surface area contributed by atoms with Crippen molar-refractivity contribution in [2.75, 3.05) is 0 Å². The van der Waals surface area contributed by atoms with E-state index in [1.807, 2.05) is 0 Å². The lowest BCUT2D eigenvalue weighted by Gasteiger charge is -2.10. The smallest absolute Gasteiger partial charge is 0.273 e. The molecule has 86 valence electrons. The lowest BCUT2D eigenvalue weighted by Crippen LogP contribution is -2.51. The van der Waals surface area contributed by atoms with Crippen LogP contribution < -0.4 is 22.3 Å². The van der Waals surface area contributed by atoms with E-state index in [0.29, 0.717) is 0 Å². The second-order valence-corrected chi connectivity index (χ2v) is 4.43. The zero-order chi connectivity index (χ0) is 12.6. The lowest BCUT2D eigenvalue weighted by molar-refractivity contribution is -0.116. The van der Waals surface area contributed by atoms with Crippen molar-refractivity contribution in [3.05, 3.63) is 31.2 Å². The molecule has 0 saturated carbocycles. The monoisotopic (exact) mass is 300 g/mol. The SMILES string of the molecule is NC(=[NH2+])c1c(Cl)c(Cl)c(Cl)c(Cl)c1C(N)=[NH2+]. The highest BCUT2D eigenvalue weighted by Gasteiger charge is 2.27. The Hall–Kier alpha value is -0.680. The van der Waals surface area contributed by atoms with E-state index in [1.165, 1.54) is 0 Å². The van der Waals surface area contributed by atoms with E-state index in [1.54, 1.807) is 0 Å². The van der Waals surface area contributed by atoms with Gasteiger partial charge in [0.05, 0.1) is 31.2 Å². The summed E-state index contributed by atoms with van der Waals surface area (Å²) in [5.41, 5.74) is 11.3. The first kappa shape index (κ1) is 13.4. The van der Waals surface area contributed by atoms with Crippen LogP contribution in [0.15, 0.2) is 0 Å². The molecule has 0 unspecified atom stereocenters. The van der Waals surface area contributed by atoms with Gasteiger partial charge in [-0.05, 0) is 0 Å². The number of benzene rings is 1. The van der Waals surface area contributed by atoms with Crippen LogP contribution in [0.2, 0.25) is 20.1 Å². The summed E-state index contributed by atoms with van der Waals surface area (Å²) in [7, 11) is 0. The van der Waals surface area contributed by atoms with Gasteiger partial charge in [-0.1, -0.05) is 46.4 Å². The fourth-order valence-electron chi connectivity index (χ4n) is 1.17. The maximum absolute atomic E-state index is 5.93. The summed E-state index contributed by atoms with van der Waals surface area (Å²) in [6, 6.07) is 0. The van der Waals surface area contributed by atoms with Gasteiger partial charge in [0, 0.05) is 0 Å². The van der Waals surface area contributed by atoms with Crippen LogP contribution in [0.5, 0.6) is 0 Å². The normalized spacial score (nSPS) is 10.2. The third-order valence-corrected chi connectivity index (χ3v) is 3.65. The minimum atomic E-state index is -0.103. The highest BCUT2D eigenvalue weighted by molar-refractivity contribution is 6.54. The maximum atomic E-state index is 5.93. The zero-order valence-corrected chi connectivity index (χ0v) is 10.8. The molecule has 1 aromatic carbocycles. The molecule has 0 aliphatic heterocycles. The molecule has 0 saturated heterocycles. The average molecular weight is 302 g/mol.